The minimum absolute atomic E-state index is 0.229. The van der Waals surface area contributed by atoms with Gasteiger partial charge < -0.3 is 36.6 Å². The van der Waals surface area contributed by atoms with Crippen LogP contribution in [-0.2, 0) is 24.0 Å². The first kappa shape index (κ1) is 26.3. The summed E-state index contributed by atoms with van der Waals surface area (Å²) in [4.78, 5) is 61.5. The van der Waals surface area contributed by atoms with Crippen molar-refractivity contribution in [2.45, 2.75) is 76.7 Å². The largest absolute Gasteiger partial charge is 0.481 e. The molecule has 1 rings (SSSR count). The Hall–Kier alpha value is -2.73. The lowest BCUT2D eigenvalue weighted by Crippen LogP contribution is -2.59. The van der Waals surface area contributed by atoms with E-state index in [0.717, 1.165) is 0 Å². The van der Waals surface area contributed by atoms with E-state index in [9.17, 15) is 29.1 Å². The van der Waals surface area contributed by atoms with Gasteiger partial charge in [-0.1, -0.05) is 20.3 Å². The van der Waals surface area contributed by atoms with Crippen molar-refractivity contribution in [1.29, 1.82) is 0 Å². The molecular formula is C19H32N4O8. The molecule has 1 aliphatic heterocycles. The zero-order chi connectivity index (χ0) is 23.9. The van der Waals surface area contributed by atoms with Crippen LogP contribution in [0.15, 0.2) is 0 Å². The van der Waals surface area contributed by atoms with E-state index in [4.69, 9.17) is 15.9 Å². The quantitative estimate of drug-likeness (QED) is 0.214. The molecule has 6 atom stereocenters. The van der Waals surface area contributed by atoms with Gasteiger partial charge in [0.05, 0.1) is 18.6 Å². The molecule has 0 aromatic rings. The Morgan fingerprint density at radius 3 is 2.19 bits per heavy atom. The van der Waals surface area contributed by atoms with Gasteiger partial charge in [0, 0.05) is 6.54 Å². The van der Waals surface area contributed by atoms with Crippen LogP contribution in [0.25, 0.3) is 0 Å². The number of carboxylic acids is 2. The number of carbonyl (C=O) groups excluding carboxylic acids is 3. The molecule has 12 nitrogen and oxygen atoms in total. The zero-order valence-electron chi connectivity index (χ0n) is 17.9. The van der Waals surface area contributed by atoms with Crippen molar-refractivity contribution < 1.29 is 39.3 Å². The van der Waals surface area contributed by atoms with Gasteiger partial charge in [-0.05, 0) is 25.7 Å². The predicted molar refractivity (Wildman–Crippen MR) is 108 cm³/mol. The van der Waals surface area contributed by atoms with Crippen LogP contribution in [0, 0.1) is 5.92 Å². The van der Waals surface area contributed by atoms with E-state index in [-0.39, 0.29) is 12.5 Å². The predicted octanol–water partition coefficient (Wildman–Crippen LogP) is -1.74. The van der Waals surface area contributed by atoms with Crippen LogP contribution in [0.5, 0.6) is 0 Å². The lowest BCUT2D eigenvalue weighted by atomic mass is 9.96. The number of likely N-dealkylation sites (tertiary alicyclic amines) is 1. The number of amides is 3. The van der Waals surface area contributed by atoms with Gasteiger partial charge in [-0.25, -0.2) is 4.79 Å². The van der Waals surface area contributed by atoms with Gasteiger partial charge in [0.2, 0.25) is 17.7 Å². The first-order valence-electron chi connectivity index (χ1n) is 10.2. The fourth-order valence-electron chi connectivity index (χ4n) is 3.34. The molecule has 0 aromatic carbocycles. The number of nitrogens with one attached hydrogen (secondary N) is 2. The number of aliphatic hydroxyl groups is 1. The second-order valence-electron chi connectivity index (χ2n) is 7.83. The van der Waals surface area contributed by atoms with Crippen LogP contribution in [0.1, 0.15) is 46.5 Å². The summed E-state index contributed by atoms with van der Waals surface area (Å²) in [5.74, 6) is -5.03. The van der Waals surface area contributed by atoms with Gasteiger partial charge in [0.15, 0.2) is 6.04 Å². The fourth-order valence-corrected chi connectivity index (χ4v) is 3.34. The van der Waals surface area contributed by atoms with E-state index in [1.807, 2.05) is 6.92 Å². The van der Waals surface area contributed by atoms with E-state index in [1.54, 1.807) is 6.92 Å². The molecule has 1 heterocycles. The molecule has 0 saturated carbocycles. The highest BCUT2D eigenvalue weighted by atomic mass is 16.4. The van der Waals surface area contributed by atoms with Crippen molar-refractivity contribution in [3.05, 3.63) is 0 Å². The summed E-state index contributed by atoms with van der Waals surface area (Å²) in [5, 5.41) is 32.3. The van der Waals surface area contributed by atoms with Crippen molar-refractivity contribution >= 4 is 29.7 Å². The van der Waals surface area contributed by atoms with Crippen LogP contribution in [0.3, 0.4) is 0 Å². The van der Waals surface area contributed by atoms with E-state index < -0.39 is 66.4 Å². The monoisotopic (exact) mass is 444 g/mol. The van der Waals surface area contributed by atoms with Gasteiger partial charge >= 0.3 is 11.9 Å². The summed E-state index contributed by atoms with van der Waals surface area (Å²) in [5.41, 5.74) is 5.59. The normalized spacial score (nSPS) is 20.8. The molecule has 0 bridgehead atoms. The number of hydrogen-bond donors (Lipinski definition) is 6. The third kappa shape index (κ3) is 7.17. The van der Waals surface area contributed by atoms with Crippen molar-refractivity contribution in [2.75, 3.05) is 6.54 Å². The molecule has 0 aliphatic carbocycles. The minimum atomic E-state index is -1.52. The maximum atomic E-state index is 13.2. The van der Waals surface area contributed by atoms with E-state index in [0.29, 0.717) is 19.3 Å². The van der Waals surface area contributed by atoms with Crippen LogP contribution < -0.4 is 16.4 Å². The first-order chi connectivity index (χ1) is 14.4. The smallest absolute Gasteiger partial charge is 0.328 e. The molecule has 7 N–H and O–H groups in total. The molecule has 12 heteroatoms. The lowest BCUT2D eigenvalue weighted by molar-refractivity contribution is -0.147. The van der Waals surface area contributed by atoms with Gasteiger partial charge in [-0.15, -0.1) is 0 Å². The highest BCUT2D eigenvalue weighted by molar-refractivity contribution is 5.95. The highest BCUT2D eigenvalue weighted by Crippen LogP contribution is 2.22. The summed E-state index contributed by atoms with van der Waals surface area (Å²) < 4.78 is 0. The Morgan fingerprint density at radius 1 is 1.10 bits per heavy atom. The summed E-state index contributed by atoms with van der Waals surface area (Å²) in [7, 11) is 0. The molecule has 31 heavy (non-hydrogen) atoms. The number of carboxylic acid groups (broad SMARTS) is 2. The van der Waals surface area contributed by atoms with E-state index >= 15 is 0 Å². The first-order valence-corrected chi connectivity index (χ1v) is 10.2. The molecule has 0 aromatic heterocycles. The van der Waals surface area contributed by atoms with Gasteiger partial charge in [0.25, 0.3) is 0 Å². The number of aliphatic hydroxyl groups excluding tert-OH is 1. The molecule has 1 aliphatic rings. The molecule has 176 valence electrons. The molecule has 0 radical (unpaired) electrons. The highest BCUT2D eigenvalue weighted by Gasteiger charge is 2.40. The Kier molecular flexibility index (Phi) is 9.85. The van der Waals surface area contributed by atoms with Crippen molar-refractivity contribution in [2.24, 2.45) is 11.7 Å². The number of nitrogens with zero attached hydrogens (tertiary/aromatic N) is 1. The Morgan fingerprint density at radius 2 is 1.71 bits per heavy atom. The molecular weight excluding hydrogens is 412 g/mol. The van der Waals surface area contributed by atoms with Crippen LogP contribution in [0.4, 0.5) is 0 Å². The summed E-state index contributed by atoms with van der Waals surface area (Å²) in [6.07, 6.45) is -0.634. The second-order valence-corrected chi connectivity index (χ2v) is 7.83. The van der Waals surface area contributed by atoms with Gasteiger partial charge in [-0.3, -0.25) is 19.2 Å². The average molecular weight is 444 g/mol. The second kappa shape index (κ2) is 11.6. The van der Waals surface area contributed by atoms with E-state index in [1.165, 1.54) is 11.8 Å². The minimum Gasteiger partial charge on any atom is -0.481 e. The molecule has 6 unspecified atom stereocenters. The van der Waals surface area contributed by atoms with Crippen LogP contribution >= 0.6 is 0 Å². The lowest BCUT2D eigenvalue weighted by Gasteiger charge is -2.32. The number of rotatable bonds is 11. The number of aliphatic carboxylic acids is 2. The third-order valence-corrected chi connectivity index (χ3v) is 5.39. The van der Waals surface area contributed by atoms with Crippen molar-refractivity contribution in [3.8, 4) is 0 Å². The number of carbonyl (C=O) groups is 5. The average Bonchev–Trinajstić information content (AvgIpc) is 3.17. The number of hydrogen-bond acceptors (Lipinski definition) is 7. The third-order valence-electron chi connectivity index (χ3n) is 5.39. The fraction of sp³-hybridized carbons (Fsp3) is 0.737. The Balaban J connectivity index is 2.99. The van der Waals surface area contributed by atoms with Crippen LogP contribution in [-0.4, -0.2) is 86.7 Å². The molecule has 3 amide bonds. The number of nitrogens with two attached hydrogens (primary N) is 1. The van der Waals surface area contributed by atoms with Gasteiger partial charge in [-0.2, -0.15) is 0 Å². The zero-order valence-corrected chi connectivity index (χ0v) is 17.9. The standard InChI is InChI=1S/C19H32N4O8/c1-4-9(2)14(21-16(27)11(20)8-13(25)26)18(29)23-7-5-6-12(23)17(28)22-15(10(3)24)19(30)31/h9-12,14-15,24H,4-8,20H2,1-3H3,(H,21,27)(H,22,28)(H,25,26)(H,30,31). The maximum Gasteiger partial charge on any atom is 0.328 e. The SMILES string of the molecule is CCC(C)C(NC(=O)C(N)CC(=O)O)C(=O)N1CCCC1C(=O)NC(C(=O)O)C(C)O. The summed E-state index contributed by atoms with van der Waals surface area (Å²) in [6.45, 7) is 4.99. The molecule has 1 fully saturated rings. The van der Waals surface area contributed by atoms with Crippen molar-refractivity contribution in [3.63, 3.8) is 0 Å². The topological polar surface area (TPSA) is 199 Å². The molecule has 1 saturated heterocycles. The summed E-state index contributed by atoms with van der Waals surface area (Å²) in [6, 6.07) is -4.84. The Bertz CT molecular complexity index is 698. The molecule has 0 spiro atoms. The maximum absolute atomic E-state index is 13.2. The summed E-state index contributed by atoms with van der Waals surface area (Å²) >= 11 is 0. The Labute approximate surface area is 180 Å². The van der Waals surface area contributed by atoms with Crippen LogP contribution in [0.2, 0.25) is 0 Å². The van der Waals surface area contributed by atoms with Gasteiger partial charge in [0.1, 0.15) is 12.1 Å². The van der Waals surface area contributed by atoms with E-state index in [2.05, 4.69) is 10.6 Å². The van der Waals surface area contributed by atoms with Crippen molar-refractivity contribution in [1.82, 2.24) is 15.5 Å².